The normalized spacial score (nSPS) is 11.8. The molecule has 0 aromatic heterocycles. The average Bonchev–Trinajstić information content (AvgIpc) is 2.12. The van der Waals surface area contributed by atoms with Crippen LogP contribution in [0.25, 0.3) is 0 Å². The van der Waals surface area contributed by atoms with Crippen LogP contribution < -0.4 is 5.73 Å². The Kier molecular flexibility index (Phi) is 3.80. The minimum Gasteiger partial charge on any atom is -0.330 e. The first-order valence-corrected chi connectivity index (χ1v) is 5.13. The molecule has 2 N–H and O–H groups in total. The molecule has 0 unspecified atom stereocenters. The van der Waals surface area contributed by atoms with Gasteiger partial charge in [-0.05, 0) is 44.9 Å². The molecular weight excluding hydrogens is 196 g/mol. The second-order valence-electron chi connectivity index (χ2n) is 4.14. The van der Waals surface area contributed by atoms with E-state index >= 15 is 0 Å². The minimum atomic E-state index is -1.64. The van der Waals surface area contributed by atoms with Crippen LogP contribution in [-0.4, -0.2) is 6.54 Å². The maximum atomic E-state index is 13.8. The fraction of sp³-hybridized carbons (Fsp3) is 0.500. The van der Waals surface area contributed by atoms with Gasteiger partial charge in [-0.1, -0.05) is 12.1 Å². The van der Waals surface area contributed by atoms with Gasteiger partial charge in [-0.15, -0.1) is 0 Å². The molecule has 0 radical (unpaired) electrons. The Bertz CT molecular complexity index is 329. The monoisotopic (exact) mass is 213 g/mol. The van der Waals surface area contributed by atoms with Crippen LogP contribution in [0.3, 0.4) is 0 Å². The predicted molar refractivity (Wildman–Crippen MR) is 57.9 cm³/mol. The molecule has 3 heteroatoms. The summed E-state index contributed by atoms with van der Waals surface area (Å²) >= 11 is 0. The number of rotatable bonds is 4. The fourth-order valence-corrected chi connectivity index (χ4v) is 1.74. The zero-order valence-corrected chi connectivity index (χ0v) is 9.19. The van der Waals surface area contributed by atoms with Crippen LogP contribution in [0.15, 0.2) is 18.2 Å². The molecule has 15 heavy (non-hydrogen) atoms. The van der Waals surface area contributed by atoms with Gasteiger partial charge in [-0.2, -0.15) is 0 Å². The Balaban J connectivity index is 3.09. The summed E-state index contributed by atoms with van der Waals surface area (Å²) in [5.41, 5.74) is 4.62. The lowest BCUT2D eigenvalue weighted by Crippen LogP contribution is -2.15. The molecule has 1 rings (SSSR count). The molecule has 1 aromatic rings. The summed E-state index contributed by atoms with van der Waals surface area (Å²) < 4.78 is 27.3. The molecule has 0 aliphatic heterocycles. The second-order valence-corrected chi connectivity index (χ2v) is 4.14. The first-order chi connectivity index (χ1) is 6.96. The average molecular weight is 213 g/mol. The molecule has 0 bridgehead atoms. The van der Waals surface area contributed by atoms with Gasteiger partial charge in [0, 0.05) is 5.56 Å². The fourth-order valence-electron chi connectivity index (χ4n) is 1.74. The topological polar surface area (TPSA) is 26.0 Å². The molecule has 0 aliphatic rings. The number of hydrogen-bond acceptors (Lipinski definition) is 1. The van der Waals surface area contributed by atoms with Gasteiger partial charge in [0.05, 0.1) is 0 Å². The van der Waals surface area contributed by atoms with E-state index in [0.717, 1.165) is 6.42 Å². The molecule has 1 aromatic carbocycles. The molecule has 0 atom stereocenters. The van der Waals surface area contributed by atoms with Crippen molar-refractivity contribution in [3.8, 4) is 0 Å². The Labute approximate surface area is 89.3 Å². The first-order valence-electron chi connectivity index (χ1n) is 5.13. The van der Waals surface area contributed by atoms with Crippen molar-refractivity contribution in [3.05, 3.63) is 35.1 Å². The SMILES string of the molecule is CC(C)(F)c1c(F)cccc1CCCN. The third-order valence-corrected chi connectivity index (χ3v) is 2.34. The number of benzene rings is 1. The predicted octanol–water partition coefficient (Wildman–Crippen LogP) is 2.92. The van der Waals surface area contributed by atoms with Crippen molar-refractivity contribution in [1.29, 1.82) is 0 Å². The van der Waals surface area contributed by atoms with E-state index in [1.807, 2.05) is 0 Å². The van der Waals surface area contributed by atoms with E-state index in [4.69, 9.17) is 5.73 Å². The molecule has 1 nitrogen and oxygen atoms in total. The highest BCUT2D eigenvalue weighted by Crippen LogP contribution is 2.30. The molecule has 0 heterocycles. The van der Waals surface area contributed by atoms with Gasteiger partial charge in [0.25, 0.3) is 0 Å². The highest BCUT2D eigenvalue weighted by molar-refractivity contribution is 5.33. The molecule has 0 aliphatic carbocycles. The third kappa shape index (κ3) is 2.99. The maximum Gasteiger partial charge on any atom is 0.133 e. The van der Waals surface area contributed by atoms with E-state index in [2.05, 4.69) is 0 Å². The highest BCUT2D eigenvalue weighted by atomic mass is 19.1. The second kappa shape index (κ2) is 4.71. The van der Waals surface area contributed by atoms with Gasteiger partial charge in [0.1, 0.15) is 11.5 Å². The van der Waals surface area contributed by atoms with E-state index < -0.39 is 11.5 Å². The van der Waals surface area contributed by atoms with Crippen LogP contribution in [0.5, 0.6) is 0 Å². The zero-order chi connectivity index (χ0) is 11.5. The largest absolute Gasteiger partial charge is 0.330 e. The number of halogens is 2. The first kappa shape index (κ1) is 12.1. The summed E-state index contributed by atoms with van der Waals surface area (Å²) in [6, 6.07) is 4.66. The summed E-state index contributed by atoms with van der Waals surface area (Å²) in [5.74, 6) is -0.475. The molecular formula is C12H17F2N. The summed E-state index contributed by atoms with van der Waals surface area (Å²) in [6.07, 6.45) is 1.36. The van der Waals surface area contributed by atoms with Crippen molar-refractivity contribution in [3.63, 3.8) is 0 Å². The quantitative estimate of drug-likeness (QED) is 0.817. The van der Waals surface area contributed by atoms with Crippen molar-refractivity contribution in [2.45, 2.75) is 32.4 Å². The molecule has 0 amide bonds. The van der Waals surface area contributed by atoms with E-state index in [1.54, 1.807) is 12.1 Å². The Morgan fingerprint density at radius 1 is 1.33 bits per heavy atom. The lowest BCUT2D eigenvalue weighted by Gasteiger charge is -2.19. The van der Waals surface area contributed by atoms with Crippen molar-refractivity contribution < 1.29 is 8.78 Å². The molecule has 0 saturated carbocycles. The third-order valence-electron chi connectivity index (χ3n) is 2.34. The van der Waals surface area contributed by atoms with E-state index in [0.29, 0.717) is 18.5 Å². The zero-order valence-electron chi connectivity index (χ0n) is 9.19. The van der Waals surface area contributed by atoms with E-state index in [-0.39, 0.29) is 5.56 Å². The van der Waals surface area contributed by atoms with Gasteiger partial charge >= 0.3 is 0 Å². The summed E-state index contributed by atoms with van der Waals surface area (Å²) in [7, 11) is 0. The molecule has 0 saturated heterocycles. The summed E-state index contributed by atoms with van der Waals surface area (Å²) in [5, 5.41) is 0. The minimum absolute atomic E-state index is 0.165. The van der Waals surface area contributed by atoms with Crippen molar-refractivity contribution >= 4 is 0 Å². The van der Waals surface area contributed by atoms with Crippen LogP contribution in [0.2, 0.25) is 0 Å². The number of aryl methyl sites for hydroxylation is 1. The Morgan fingerprint density at radius 3 is 2.53 bits per heavy atom. The van der Waals surface area contributed by atoms with Crippen LogP contribution in [-0.2, 0) is 12.1 Å². The lowest BCUT2D eigenvalue weighted by molar-refractivity contribution is 0.212. The number of alkyl halides is 1. The van der Waals surface area contributed by atoms with Crippen LogP contribution >= 0.6 is 0 Å². The van der Waals surface area contributed by atoms with Crippen molar-refractivity contribution in [2.75, 3.05) is 6.54 Å². The molecule has 0 spiro atoms. The van der Waals surface area contributed by atoms with Gasteiger partial charge < -0.3 is 5.73 Å². The highest BCUT2D eigenvalue weighted by Gasteiger charge is 2.25. The van der Waals surface area contributed by atoms with Crippen molar-refractivity contribution in [1.82, 2.24) is 0 Å². The summed E-state index contributed by atoms with van der Waals surface area (Å²) in [6.45, 7) is 3.28. The van der Waals surface area contributed by atoms with Gasteiger partial charge in [-0.3, -0.25) is 0 Å². The van der Waals surface area contributed by atoms with Crippen molar-refractivity contribution in [2.24, 2.45) is 5.73 Å². The molecule has 84 valence electrons. The van der Waals surface area contributed by atoms with Gasteiger partial charge in [0.15, 0.2) is 0 Å². The maximum absolute atomic E-state index is 13.8. The van der Waals surface area contributed by atoms with Crippen LogP contribution in [0, 0.1) is 5.82 Å². The van der Waals surface area contributed by atoms with Crippen LogP contribution in [0.1, 0.15) is 31.4 Å². The number of hydrogen-bond donors (Lipinski definition) is 1. The van der Waals surface area contributed by atoms with Gasteiger partial charge in [0.2, 0.25) is 0 Å². The summed E-state index contributed by atoms with van der Waals surface area (Å²) in [4.78, 5) is 0. The smallest absolute Gasteiger partial charge is 0.133 e. The van der Waals surface area contributed by atoms with E-state index in [9.17, 15) is 8.78 Å². The van der Waals surface area contributed by atoms with Gasteiger partial charge in [-0.25, -0.2) is 8.78 Å². The Hall–Kier alpha value is -0.960. The Morgan fingerprint density at radius 2 is 2.00 bits per heavy atom. The number of nitrogens with two attached hydrogens (primary N) is 1. The standard InChI is InChI=1S/C12H17F2N/c1-12(2,14)11-9(6-4-8-15)5-3-7-10(11)13/h3,5,7H,4,6,8,15H2,1-2H3. The molecule has 0 fully saturated rings. The van der Waals surface area contributed by atoms with E-state index in [1.165, 1.54) is 19.9 Å². The van der Waals surface area contributed by atoms with Crippen LogP contribution in [0.4, 0.5) is 8.78 Å². The lowest BCUT2D eigenvalue weighted by atomic mass is 9.92.